The Balaban J connectivity index is 1.34. The monoisotopic (exact) mass is 416 g/mol. The van der Waals surface area contributed by atoms with E-state index in [1.165, 1.54) is 51.4 Å². The standard InChI is InChI=1S/C27H38F2O/c1-3-5-6-7-18-12-13-24-21(18)14-15-22(24)19-8-10-20(11-9-19)23-16-17-25(30-4-2)27(29)26(23)28/h3,5,16-22,24H,4,6-15H2,1-2H3. The fourth-order valence-corrected chi connectivity index (χ4v) is 7.17. The molecule has 0 N–H and O–H groups in total. The lowest BCUT2D eigenvalue weighted by molar-refractivity contribution is 0.178. The molecule has 1 aromatic rings. The molecule has 0 saturated heterocycles. The van der Waals surface area contributed by atoms with E-state index in [1.807, 2.05) is 0 Å². The largest absolute Gasteiger partial charge is 0.491 e. The molecule has 0 bridgehead atoms. The molecule has 0 aliphatic heterocycles. The Morgan fingerprint density at radius 1 is 0.900 bits per heavy atom. The Morgan fingerprint density at radius 2 is 1.63 bits per heavy atom. The Labute approximate surface area is 181 Å². The molecule has 0 radical (unpaired) electrons. The van der Waals surface area contributed by atoms with Crippen molar-refractivity contribution in [3.05, 3.63) is 41.5 Å². The number of hydrogen-bond acceptors (Lipinski definition) is 1. The molecule has 3 aliphatic carbocycles. The minimum absolute atomic E-state index is 0.0367. The van der Waals surface area contributed by atoms with Crippen LogP contribution in [-0.2, 0) is 0 Å². The summed E-state index contributed by atoms with van der Waals surface area (Å²) in [5.41, 5.74) is 0.559. The lowest BCUT2D eigenvalue weighted by Crippen LogP contribution is -2.25. The topological polar surface area (TPSA) is 9.23 Å². The van der Waals surface area contributed by atoms with Crippen LogP contribution in [-0.4, -0.2) is 6.61 Å². The van der Waals surface area contributed by atoms with Gasteiger partial charge in [-0.1, -0.05) is 18.2 Å². The number of hydrogen-bond donors (Lipinski definition) is 0. The first kappa shape index (κ1) is 21.8. The number of ether oxygens (including phenoxy) is 1. The summed E-state index contributed by atoms with van der Waals surface area (Å²) in [4.78, 5) is 0. The van der Waals surface area contributed by atoms with Crippen LogP contribution < -0.4 is 4.74 Å². The van der Waals surface area contributed by atoms with Crippen molar-refractivity contribution in [3.63, 3.8) is 0 Å². The number of halogens is 2. The minimum Gasteiger partial charge on any atom is -0.491 e. The second kappa shape index (κ2) is 9.83. The van der Waals surface area contributed by atoms with E-state index in [0.29, 0.717) is 12.2 Å². The molecule has 3 fully saturated rings. The summed E-state index contributed by atoms with van der Waals surface area (Å²) < 4.78 is 34.2. The van der Waals surface area contributed by atoms with Crippen molar-refractivity contribution in [1.82, 2.24) is 0 Å². The molecule has 166 valence electrons. The first-order valence-corrected chi connectivity index (χ1v) is 12.4. The summed E-state index contributed by atoms with van der Waals surface area (Å²) in [5.74, 6) is 3.18. The molecule has 4 rings (SSSR count). The van der Waals surface area contributed by atoms with Crippen LogP contribution in [0.25, 0.3) is 0 Å². The van der Waals surface area contributed by atoms with Crippen LogP contribution in [0, 0.1) is 41.2 Å². The van der Waals surface area contributed by atoms with Gasteiger partial charge in [0, 0.05) is 0 Å². The quantitative estimate of drug-likeness (QED) is 0.409. The molecule has 3 heteroatoms. The molecule has 1 aromatic carbocycles. The average Bonchev–Trinajstić information content (AvgIpc) is 3.35. The van der Waals surface area contributed by atoms with Gasteiger partial charge in [-0.2, -0.15) is 4.39 Å². The van der Waals surface area contributed by atoms with Gasteiger partial charge < -0.3 is 4.74 Å². The number of fused-ring (bicyclic) bond motifs is 1. The summed E-state index contributed by atoms with van der Waals surface area (Å²) in [6.07, 6.45) is 17.1. The Morgan fingerprint density at radius 3 is 2.37 bits per heavy atom. The van der Waals surface area contributed by atoms with Crippen LogP contribution in [0.1, 0.15) is 89.5 Å². The van der Waals surface area contributed by atoms with Crippen molar-refractivity contribution in [2.45, 2.75) is 84.0 Å². The lowest BCUT2D eigenvalue weighted by Gasteiger charge is -2.35. The fraction of sp³-hybridized carbons (Fsp3) is 0.704. The summed E-state index contributed by atoms with van der Waals surface area (Å²) in [5, 5.41) is 0. The predicted octanol–water partition coefficient (Wildman–Crippen LogP) is 8.05. The third-order valence-corrected chi connectivity index (χ3v) is 8.54. The highest BCUT2D eigenvalue weighted by atomic mass is 19.2. The molecule has 0 spiro atoms. The van der Waals surface area contributed by atoms with Crippen molar-refractivity contribution < 1.29 is 13.5 Å². The van der Waals surface area contributed by atoms with Gasteiger partial charge in [0.1, 0.15) is 0 Å². The molecule has 4 atom stereocenters. The molecular weight excluding hydrogens is 378 g/mol. The Hall–Kier alpha value is -1.38. The highest BCUT2D eigenvalue weighted by Gasteiger charge is 2.47. The van der Waals surface area contributed by atoms with E-state index < -0.39 is 11.6 Å². The average molecular weight is 417 g/mol. The normalized spacial score (nSPS) is 33.9. The highest BCUT2D eigenvalue weighted by molar-refractivity contribution is 5.33. The maximum atomic E-state index is 14.7. The molecule has 0 aromatic heterocycles. The number of rotatable bonds is 7. The van der Waals surface area contributed by atoms with Gasteiger partial charge >= 0.3 is 0 Å². The van der Waals surface area contributed by atoms with Crippen LogP contribution in [0.2, 0.25) is 0 Å². The van der Waals surface area contributed by atoms with Gasteiger partial charge in [0.25, 0.3) is 0 Å². The van der Waals surface area contributed by atoms with E-state index in [-0.39, 0.29) is 11.7 Å². The summed E-state index contributed by atoms with van der Waals surface area (Å²) >= 11 is 0. The SMILES string of the molecule is CC=CCCC1CCC2C(C3CCC(c4ccc(OCC)c(F)c4F)CC3)CCC12. The first-order chi connectivity index (χ1) is 14.6. The highest BCUT2D eigenvalue weighted by Crippen LogP contribution is 2.56. The number of benzene rings is 1. The van der Waals surface area contributed by atoms with Crippen LogP contribution in [0.4, 0.5) is 8.78 Å². The molecule has 4 unspecified atom stereocenters. The van der Waals surface area contributed by atoms with Gasteiger partial charge in [0.15, 0.2) is 11.6 Å². The zero-order valence-electron chi connectivity index (χ0n) is 18.7. The van der Waals surface area contributed by atoms with E-state index >= 15 is 0 Å². The van der Waals surface area contributed by atoms with E-state index in [4.69, 9.17) is 4.74 Å². The molecular formula is C27H38F2O. The molecule has 30 heavy (non-hydrogen) atoms. The van der Waals surface area contributed by atoms with E-state index in [0.717, 1.165) is 42.4 Å². The second-order valence-electron chi connectivity index (χ2n) is 9.88. The summed E-state index contributed by atoms with van der Waals surface area (Å²) in [7, 11) is 0. The lowest BCUT2D eigenvalue weighted by atomic mass is 9.70. The predicted molar refractivity (Wildman–Crippen MR) is 119 cm³/mol. The maximum absolute atomic E-state index is 14.7. The van der Waals surface area contributed by atoms with Gasteiger partial charge in [-0.05, 0) is 125 Å². The van der Waals surface area contributed by atoms with E-state index in [9.17, 15) is 8.78 Å². The van der Waals surface area contributed by atoms with Crippen LogP contribution in [0.3, 0.4) is 0 Å². The fourth-order valence-electron chi connectivity index (χ4n) is 7.17. The zero-order chi connectivity index (χ0) is 21.1. The Bertz CT molecular complexity index is 735. The van der Waals surface area contributed by atoms with Crippen molar-refractivity contribution in [1.29, 1.82) is 0 Å². The molecule has 1 nitrogen and oxygen atoms in total. The van der Waals surface area contributed by atoms with Crippen LogP contribution in [0.15, 0.2) is 24.3 Å². The van der Waals surface area contributed by atoms with Gasteiger partial charge in [-0.25, -0.2) is 4.39 Å². The van der Waals surface area contributed by atoms with Gasteiger partial charge in [0.05, 0.1) is 6.61 Å². The molecule has 3 saturated carbocycles. The Kier molecular flexibility index (Phi) is 7.16. The van der Waals surface area contributed by atoms with Crippen LogP contribution >= 0.6 is 0 Å². The van der Waals surface area contributed by atoms with Crippen molar-refractivity contribution in [2.75, 3.05) is 6.61 Å². The van der Waals surface area contributed by atoms with Crippen molar-refractivity contribution in [3.8, 4) is 5.75 Å². The smallest absolute Gasteiger partial charge is 0.200 e. The zero-order valence-corrected chi connectivity index (χ0v) is 18.7. The second-order valence-corrected chi connectivity index (χ2v) is 9.88. The van der Waals surface area contributed by atoms with E-state index in [1.54, 1.807) is 19.1 Å². The van der Waals surface area contributed by atoms with Crippen molar-refractivity contribution in [2.24, 2.45) is 29.6 Å². The van der Waals surface area contributed by atoms with Gasteiger partial charge in [-0.15, -0.1) is 0 Å². The van der Waals surface area contributed by atoms with Crippen molar-refractivity contribution >= 4 is 0 Å². The third-order valence-electron chi connectivity index (χ3n) is 8.54. The third kappa shape index (κ3) is 4.32. The van der Waals surface area contributed by atoms with Gasteiger partial charge in [-0.3, -0.25) is 0 Å². The minimum atomic E-state index is -0.815. The maximum Gasteiger partial charge on any atom is 0.200 e. The molecule has 3 aliphatic rings. The molecule has 0 heterocycles. The first-order valence-electron chi connectivity index (χ1n) is 12.4. The summed E-state index contributed by atoms with van der Waals surface area (Å²) in [6, 6.07) is 3.36. The summed E-state index contributed by atoms with van der Waals surface area (Å²) in [6.45, 7) is 4.25. The van der Waals surface area contributed by atoms with Gasteiger partial charge in [0.2, 0.25) is 5.82 Å². The number of allylic oxidation sites excluding steroid dienone is 2. The van der Waals surface area contributed by atoms with Crippen LogP contribution in [0.5, 0.6) is 5.75 Å². The van der Waals surface area contributed by atoms with E-state index in [2.05, 4.69) is 19.1 Å². The molecule has 0 amide bonds.